The Balaban J connectivity index is 2.49. The maximum atomic E-state index is 13.0. The first-order valence-corrected chi connectivity index (χ1v) is 4.44. The lowest BCUT2D eigenvalue weighted by atomic mass is 10.1. The SMILES string of the molecule is Cc1cc(-c2cn(N)c(N)n2)ccc1F. The zero-order valence-corrected chi connectivity index (χ0v) is 8.24. The van der Waals surface area contributed by atoms with E-state index < -0.39 is 0 Å². The molecule has 1 aromatic heterocycles. The fourth-order valence-corrected chi connectivity index (χ4v) is 1.35. The topological polar surface area (TPSA) is 69.9 Å². The normalized spacial score (nSPS) is 10.5. The van der Waals surface area contributed by atoms with Crippen LogP contribution < -0.4 is 11.6 Å². The Bertz CT molecular complexity index is 485. The summed E-state index contributed by atoms with van der Waals surface area (Å²) in [5, 5.41) is 0. The van der Waals surface area contributed by atoms with Crippen LogP contribution in [0.25, 0.3) is 11.3 Å². The van der Waals surface area contributed by atoms with Gasteiger partial charge in [-0.15, -0.1) is 0 Å². The first-order valence-electron chi connectivity index (χ1n) is 4.44. The summed E-state index contributed by atoms with van der Waals surface area (Å²) in [5.41, 5.74) is 7.50. The Kier molecular flexibility index (Phi) is 2.07. The number of nitrogen functional groups attached to an aromatic ring is 2. The number of benzene rings is 1. The van der Waals surface area contributed by atoms with E-state index >= 15 is 0 Å². The summed E-state index contributed by atoms with van der Waals surface area (Å²) in [6.45, 7) is 1.70. The number of aromatic nitrogens is 2. The fraction of sp³-hybridized carbons (Fsp3) is 0.100. The van der Waals surface area contributed by atoms with Crippen LogP contribution in [0, 0.1) is 12.7 Å². The average molecular weight is 206 g/mol. The number of imidazole rings is 1. The van der Waals surface area contributed by atoms with Crippen LogP contribution >= 0.6 is 0 Å². The van der Waals surface area contributed by atoms with Gasteiger partial charge in [0.25, 0.3) is 0 Å². The number of aryl methyl sites for hydroxylation is 1. The smallest absolute Gasteiger partial charge is 0.219 e. The van der Waals surface area contributed by atoms with Gasteiger partial charge in [-0.2, -0.15) is 0 Å². The summed E-state index contributed by atoms with van der Waals surface area (Å²) < 4.78 is 14.3. The van der Waals surface area contributed by atoms with Gasteiger partial charge in [-0.1, -0.05) is 0 Å². The molecule has 1 heterocycles. The maximum absolute atomic E-state index is 13.0. The molecular formula is C10H11FN4. The highest BCUT2D eigenvalue weighted by Crippen LogP contribution is 2.20. The predicted octanol–water partition coefficient (Wildman–Crippen LogP) is 1.29. The van der Waals surface area contributed by atoms with Crippen molar-refractivity contribution in [3.8, 4) is 11.3 Å². The van der Waals surface area contributed by atoms with E-state index in [0.29, 0.717) is 11.3 Å². The lowest BCUT2D eigenvalue weighted by Crippen LogP contribution is -2.09. The molecule has 1 aromatic carbocycles. The largest absolute Gasteiger partial charge is 0.368 e. The van der Waals surface area contributed by atoms with Gasteiger partial charge < -0.3 is 11.6 Å². The third-order valence-corrected chi connectivity index (χ3v) is 2.21. The van der Waals surface area contributed by atoms with Crippen molar-refractivity contribution in [3.63, 3.8) is 0 Å². The summed E-state index contributed by atoms with van der Waals surface area (Å²) in [4.78, 5) is 4.04. The van der Waals surface area contributed by atoms with Crippen molar-refractivity contribution < 1.29 is 4.39 Å². The second-order valence-corrected chi connectivity index (χ2v) is 3.36. The summed E-state index contributed by atoms with van der Waals surface area (Å²) in [6, 6.07) is 4.75. The summed E-state index contributed by atoms with van der Waals surface area (Å²) in [7, 11) is 0. The van der Waals surface area contributed by atoms with Crippen LogP contribution in [0.3, 0.4) is 0 Å². The second-order valence-electron chi connectivity index (χ2n) is 3.36. The molecule has 0 amide bonds. The minimum atomic E-state index is -0.237. The number of rotatable bonds is 1. The highest BCUT2D eigenvalue weighted by atomic mass is 19.1. The minimum Gasteiger partial charge on any atom is -0.368 e. The van der Waals surface area contributed by atoms with Gasteiger partial charge in [0.15, 0.2) is 0 Å². The molecule has 0 unspecified atom stereocenters. The lowest BCUT2D eigenvalue weighted by Gasteiger charge is -1.99. The molecule has 0 aliphatic rings. The summed E-state index contributed by atoms with van der Waals surface area (Å²) >= 11 is 0. The van der Waals surface area contributed by atoms with Crippen molar-refractivity contribution in [2.24, 2.45) is 0 Å². The molecule has 0 saturated heterocycles. The quantitative estimate of drug-likeness (QED) is 0.691. The maximum Gasteiger partial charge on any atom is 0.219 e. The molecule has 0 saturated carbocycles. The Hall–Kier alpha value is -2.04. The number of nitrogens with two attached hydrogens (primary N) is 2. The molecular weight excluding hydrogens is 195 g/mol. The molecule has 0 aliphatic carbocycles. The molecule has 0 atom stereocenters. The third kappa shape index (κ3) is 1.63. The van der Waals surface area contributed by atoms with Crippen LogP contribution in [0.4, 0.5) is 10.3 Å². The van der Waals surface area contributed by atoms with E-state index in [0.717, 1.165) is 5.56 Å². The standard InChI is InChI=1S/C10H11FN4/c1-6-4-7(2-3-8(6)11)9-5-15(13)10(12)14-9/h2-5H,13H2,1H3,(H2,12,14). The first kappa shape index (κ1) is 9.51. The highest BCUT2D eigenvalue weighted by molar-refractivity contribution is 5.61. The van der Waals surface area contributed by atoms with E-state index in [-0.39, 0.29) is 11.8 Å². The number of hydrogen-bond acceptors (Lipinski definition) is 3. The van der Waals surface area contributed by atoms with E-state index in [2.05, 4.69) is 4.98 Å². The van der Waals surface area contributed by atoms with Gasteiger partial charge in [0.1, 0.15) is 5.82 Å². The van der Waals surface area contributed by atoms with Crippen molar-refractivity contribution in [2.45, 2.75) is 6.92 Å². The van der Waals surface area contributed by atoms with Gasteiger partial charge >= 0.3 is 0 Å². The number of nitrogens with zero attached hydrogens (tertiary/aromatic N) is 2. The Morgan fingerprint density at radius 1 is 1.40 bits per heavy atom. The van der Waals surface area contributed by atoms with Gasteiger partial charge in [0.2, 0.25) is 5.95 Å². The van der Waals surface area contributed by atoms with Gasteiger partial charge in [-0.25, -0.2) is 14.1 Å². The second kappa shape index (κ2) is 3.27. The van der Waals surface area contributed by atoms with Crippen molar-refractivity contribution >= 4 is 5.95 Å². The number of anilines is 1. The zero-order chi connectivity index (χ0) is 11.0. The van der Waals surface area contributed by atoms with Gasteiger partial charge in [0, 0.05) is 5.56 Å². The van der Waals surface area contributed by atoms with Crippen LogP contribution in [0.5, 0.6) is 0 Å². The van der Waals surface area contributed by atoms with Crippen molar-refractivity contribution in [1.82, 2.24) is 9.66 Å². The van der Waals surface area contributed by atoms with Crippen LogP contribution in [0.1, 0.15) is 5.56 Å². The zero-order valence-electron chi connectivity index (χ0n) is 8.24. The predicted molar refractivity (Wildman–Crippen MR) is 56.9 cm³/mol. The average Bonchev–Trinajstić information content (AvgIpc) is 2.52. The summed E-state index contributed by atoms with van der Waals surface area (Å²) in [6.07, 6.45) is 1.60. The van der Waals surface area contributed by atoms with E-state index in [9.17, 15) is 4.39 Å². The molecule has 5 heteroatoms. The molecule has 2 aromatic rings. The third-order valence-electron chi connectivity index (χ3n) is 2.21. The number of hydrogen-bond donors (Lipinski definition) is 2. The van der Waals surface area contributed by atoms with Crippen LogP contribution in [0.15, 0.2) is 24.4 Å². The lowest BCUT2D eigenvalue weighted by molar-refractivity contribution is 0.619. The van der Waals surface area contributed by atoms with E-state index in [1.807, 2.05) is 0 Å². The van der Waals surface area contributed by atoms with E-state index in [1.54, 1.807) is 25.3 Å². The van der Waals surface area contributed by atoms with Crippen molar-refractivity contribution in [2.75, 3.05) is 11.6 Å². The molecule has 0 spiro atoms. The molecule has 0 aliphatic heterocycles. The highest BCUT2D eigenvalue weighted by Gasteiger charge is 2.06. The fourth-order valence-electron chi connectivity index (χ4n) is 1.35. The molecule has 0 bridgehead atoms. The van der Waals surface area contributed by atoms with Crippen LogP contribution in [-0.4, -0.2) is 9.66 Å². The Labute approximate surface area is 86.3 Å². The Morgan fingerprint density at radius 2 is 2.13 bits per heavy atom. The first-order chi connectivity index (χ1) is 7.08. The molecule has 0 fully saturated rings. The van der Waals surface area contributed by atoms with Crippen molar-refractivity contribution in [3.05, 3.63) is 35.8 Å². The molecule has 2 rings (SSSR count). The van der Waals surface area contributed by atoms with Gasteiger partial charge in [0.05, 0.1) is 11.9 Å². The van der Waals surface area contributed by atoms with Crippen LogP contribution in [-0.2, 0) is 0 Å². The molecule has 78 valence electrons. The Morgan fingerprint density at radius 3 is 2.67 bits per heavy atom. The van der Waals surface area contributed by atoms with Crippen LogP contribution in [0.2, 0.25) is 0 Å². The van der Waals surface area contributed by atoms with E-state index in [4.69, 9.17) is 11.6 Å². The molecule has 4 nitrogen and oxygen atoms in total. The summed E-state index contributed by atoms with van der Waals surface area (Å²) in [5.74, 6) is 5.49. The van der Waals surface area contributed by atoms with Gasteiger partial charge in [-0.3, -0.25) is 0 Å². The monoisotopic (exact) mass is 206 g/mol. The number of halogens is 1. The minimum absolute atomic E-state index is 0.229. The van der Waals surface area contributed by atoms with Gasteiger partial charge in [-0.05, 0) is 30.7 Å². The molecule has 0 radical (unpaired) electrons. The van der Waals surface area contributed by atoms with Crippen molar-refractivity contribution in [1.29, 1.82) is 0 Å². The molecule has 4 N–H and O–H groups in total. The van der Waals surface area contributed by atoms with E-state index in [1.165, 1.54) is 10.7 Å². The molecule has 15 heavy (non-hydrogen) atoms.